The topological polar surface area (TPSA) is 95.0 Å². The molecule has 0 amide bonds. The number of hydrogen-bond donors (Lipinski definition) is 1. The molecule has 3 fully saturated rings. The second-order valence-electron chi connectivity index (χ2n) is 12.0. The number of aliphatic hydroxyl groups is 1. The van der Waals surface area contributed by atoms with Gasteiger partial charge < -0.3 is 19.3 Å². The average Bonchev–Trinajstić information content (AvgIpc) is 3.24. The molecule has 39 heavy (non-hydrogen) atoms. The Kier molecular flexibility index (Phi) is 7.31. The SMILES string of the molecule is C=C1CC[C@@H]2[C@](C)(COC(C)=O)[C@H](O)CC[C@@]2(C)[C@@H]1C/C=C1/C(=O)OC[C@H]1Oc1cccc2ccc(C)nc12. The van der Waals surface area contributed by atoms with Crippen molar-refractivity contribution >= 4 is 22.8 Å². The molecule has 1 saturated heterocycles. The fraction of sp³-hybridized carbons (Fsp3) is 0.531. The molecule has 1 aliphatic heterocycles. The van der Waals surface area contributed by atoms with E-state index in [1.54, 1.807) is 0 Å². The standard InChI is InChI=1S/C32H39NO6/c1-19-9-14-27-31(4,16-15-28(35)32(27,5)18-38-21(3)34)24(19)13-12-23-26(17-37-30(23)36)39-25-8-6-7-22-11-10-20(2)33-29(22)25/h6-8,10-12,24,26-28,35H,1,9,13-18H2,2-5H3/b23-12+/t24-,26-,27+,28-,31+,32+/m1/s1. The van der Waals surface area contributed by atoms with Gasteiger partial charge in [0.1, 0.15) is 17.9 Å². The number of nitrogens with zero attached hydrogens (tertiary/aromatic N) is 1. The van der Waals surface area contributed by atoms with Crippen molar-refractivity contribution in [3.8, 4) is 5.75 Å². The summed E-state index contributed by atoms with van der Waals surface area (Å²) in [6.07, 6.45) is 4.73. The zero-order valence-corrected chi connectivity index (χ0v) is 23.4. The number of esters is 2. The Labute approximate surface area is 230 Å². The molecule has 1 aromatic heterocycles. The lowest BCUT2D eigenvalue weighted by molar-refractivity contribution is -0.172. The molecule has 2 saturated carbocycles. The highest BCUT2D eigenvalue weighted by atomic mass is 16.6. The van der Waals surface area contributed by atoms with Crippen LogP contribution in [0.4, 0.5) is 0 Å². The molecule has 7 heteroatoms. The molecule has 0 radical (unpaired) electrons. The maximum absolute atomic E-state index is 12.8. The number of fused-ring (bicyclic) bond motifs is 2. The predicted molar refractivity (Wildman–Crippen MR) is 148 cm³/mol. The molecular formula is C32H39NO6. The van der Waals surface area contributed by atoms with Crippen molar-refractivity contribution in [3.63, 3.8) is 0 Å². The minimum atomic E-state index is -0.541. The number of carbonyl (C=O) groups excluding carboxylic acids is 2. The van der Waals surface area contributed by atoms with Crippen molar-refractivity contribution in [2.45, 2.75) is 72.0 Å². The van der Waals surface area contributed by atoms with Crippen LogP contribution in [0.25, 0.3) is 10.9 Å². The minimum Gasteiger partial charge on any atom is -0.480 e. The molecule has 208 valence electrons. The Morgan fingerprint density at radius 1 is 1.26 bits per heavy atom. The second-order valence-corrected chi connectivity index (χ2v) is 12.0. The Hall–Kier alpha value is -3.19. The molecule has 0 bridgehead atoms. The molecular weight excluding hydrogens is 494 g/mol. The number of hydrogen-bond acceptors (Lipinski definition) is 7. The van der Waals surface area contributed by atoms with Crippen molar-refractivity contribution in [3.05, 3.63) is 59.8 Å². The maximum Gasteiger partial charge on any atom is 0.337 e. The number of ether oxygens (including phenoxy) is 3. The summed E-state index contributed by atoms with van der Waals surface area (Å²) >= 11 is 0. The van der Waals surface area contributed by atoms with Gasteiger partial charge in [0, 0.05) is 23.4 Å². The lowest BCUT2D eigenvalue weighted by atomic mass is 9.46. The van der Waals surface area contributed by atoms with Crippen LogP contribution in [-0.4, -0.2) is 47.5 Å². The van der Waals surface area contributed by atoms with Crippen LogP contribution in [0.2, 0.25) is 0 Å². The van der Waals surface area contributed by atoms with Gasteiger partial charge >= 0.3 is 11.9 Å². The summed E-state index contributed by atoms with van der Waals surface area (Å²) in [5.74, 6) is 0.200. The Bertz CT molecular complexity index is 1330. The highest BCUT2D eigenvalue weighted by Crippen LogP contribution is 2.62. The third-order valence-corrected chi connectivity index (χ3v) is 9.55. The average molecular weight is 534 g/mol. The largest absolute Gasteiger partial charge is 0.480 e. The molecule has 1 N–H and O–H groups in total. The van der Waals surface area contributed by atoms with E-state index in [1.165, 1.54) is 6.92 Å². The zero-order valence-electron chi connectivity index (χ0n) is 23.4. The van der Waals surface area contributed by atoms with E-state index < -0.39 is 17.6 Å². The van der Waals surface area contributed by atoms with E-state index in [0.717, 1.165) is 41.4 Å². The predicted octanol–water partition coefficient (Wildman–Crippen LogP) is 5.48. The van der Waals surface area contributed by atoms with E-state index in [4.69, 9.17) is 14.2 Å². The summed E-state index contributed by atoms with van der Waals surface area (Å²) in [5, 5.41) is 12.0. The summed E-state index contributed by atoms with van der Waals surface area (Å²) in [5.41, 5.74) is 2.65. The van der Waals surface area contributed by atoms with E-state index in [2.05, 4.69) is 18.5 Å². The van der Waals surface area contributed by atoms with Gasteiger partial charge in [0.15, 0.2) is 6.10 Å². The zero-order chi connectivity index (χ0) is 27.9. The van der Waals surface area contributed by atoms with Crippen LogP contribution in [-0.2, 0) is 19.1 Å². The molecule has 0 spiro atoms. The summed E-state index contributed by atoms with van der Waals surface area (Å²) in [6, 6.07) is 9.77. The van der Waals surface area contributed by atoms with Gasteiger partial charge in [-0.3, -0.25) is 4.79 Å². The smallest absolute Gasteiger partial charge is 0.337 e. The van der Waals surface area contributed by atoms with Gasteiger partial charge in [-0.05, 0) is 68.4 Å². The number of pyridine rings is 1. The summed E-state index contributed by atoms with van der Waals surface area (Å²) in [6.45, 7) is 12.5. The lowest BCUT2D eigenvalue weighted by Gasteiger charge is -2.60. The number of aromatic nitrogens is 1. The first-order valence-corrected chi connectivity index (χ1v) is 13.9. The fourth-order valence-electron chi connectivity index (χ4n) is 7.35. The number of allylic oxidation sites excluding steroid dienone is 2. The molecule has 5 rings (SSSR count). The Morgan fingerprint density at radius 2 is 2.05 bits per heavy atom. The number of aryl methyl sites for hydroxylation is 1. The molecule has 6 atom stereocenters. The first-order valence-electron chi connectivity index (χ1n) is 13.9. The van der Waals surface area contributed by atoms with Crippen molar-refractivity contribution in [1.29, 1.82) is 0 Å². The highest BCUT2D eigenvalue weighted by Gasteiger charge is 2.58. The fourth-order valence-corrected chi connectivity index (χ4v) is 7.35. The number of para-hydroxylation sites is 1. The normalized spacial score (nSPS) is 33.6. The molecule has 2 aromatic rings. The van der Waals surface area contributed by atoms with Gasteiger partial charge in [-0.2, -0.15) is 0 Å². The van der Waals surface area contributed by atoms with Gasteiger partial charge in [-0.1, -0.05) is 50.3 Å². The van der Waals surface area contributed by atoms with Crippen molar-refractivity contribution < 1.29 is 28.9 Å². The Balaban J connectivity index is 1.40. The van der Waals surface area contributed by atoms with Gasteiger partial charge in [0.25, 0.3) is 0 Å². The number of benzene rings is 1. The van der Waals surface area contributed by atoms with Gasteiger partial charge in [0.05, 0.1) is 18.3 Å². The molecule has 1 aromatic carbocycles. The number of cyclic esters (lactones) is 1. The number of aliphatic hydroxyl groups excluding tert-OH is 1. The first kappa shape index (κ1) is 27.4. The minimum absolute atomic E-state index is 0.115. The van der Waals surface area contributed by atoms with E-state index >= 15 is 0 Å². The van der Waals surface area contributed by atoms with E-state index in [0.29, 0.717) is 24.2 Å². The van der Waals surface area contributed by atoms with Crippen LogP contribution in [0.15, 0.2) is 54.1 Å². The van der Waals surface area contributed by atoms with Gasteiger partial charge in [-0.25, -0.2) is 9.78 Å². The van der Waals surface area contributed by atoms with Crippen molar-refractivity contribution in [2.75, 3.05) is 13.2 Å². The van der Waals surface area contributed by atoms with E-state index in [9.17, 15) is 14.7 Å². The molecule has 2 aliphatic carbocycles. The molecule has 2 heterocycles. The van der Waals surface area contributed by atoms with Gasteiger partial charge in [-0.15, -0.1) is 0 Å². The van der Waals surface area contributed by atoms with Crippen LogP contribution in [0.1, 0.15) is 58.6 Å². The summed E-state index contributed by atoms with van der Waals surface area (Å²) in [7, 11) is 0. The monoisotopic (exact) mass is 533 g/mol. The summed E-state index contributed by atoms with van der Waals surface area (Å²) in [4.78, 5) is 29.1. The second kappa shape index (κ2) is 10.4. The third kappa shape index (κ3) is 4.97. The van der Waals surface area contributed by atoms with Crippen LogP contribution < -0.4 is 4.74 Å². The number of rotatable bonds is 6. The molecule has 7 nitrogen and oxygen atoms in total. The highest BCUT2D eigenvalue weighted by molar-refractivity contribution is 5.92. The lowest BCUT2D eigenvalue weighted by Crippen LogP contribution is -2.57. The summed E-state index contributed by atoms with van der Waals surface area (Å²) < 4.78 is 17.2. The quantitative estimate of drug-likeness (QED) is 0.299. The van der Waals surface area contributed by atoms with Crippen LogP contribution >= 0.6 is 0 Å². The van der Waals surface area contributed by atoms with Crippen LogP contribution in [0, 0.1) is 29.6 Å². The molecule has 0 unspecified atom stereocenters. The molecule has 3 aliphatic rings. The van der Waals surface area contributed by atoms with E-state index in [-0.39, 0.29) is 42.4 Å². The number of carbonyl (C=O) groups is 2. The maximum atomic E-state index is 12.8. The third-order valence-electron chi connectivity index (χ3n) is 9.55. The van der Waals surface area contributed by atoms with Crippen molar-refractivity contribution in [2.24, 2.45) is 22.7 Å². The van der Waals surface area contributed by atoms with Crippen LogP contribution in [0.5, 0.6) is 5.75 Å². The first-order chi connectivity index (χ1) is 18.5. The Morgan fingerprint density at radius 3 is 2.82 bits per heavy atom. The van der Waals surface area contributed by atoms with Crippen LogP contribution in [0.3, 0.4) is 0 Å². The van der Waals surface area contributed by atoms with Gasteiger partial charge in [0.2, 0.25) is 0 Å². The van der Waals surface area contributed by atoms with E-state index in [1.807, 2.05) is 50.3 Å². The van der Waals surface area contributed by atoms with Crippen molar-refractivity contribution in [1.82, 2.24) is 4.98 Å².